The number of halogens is 1. The summed E-state index contributed by atoms with van der Waals surface area (Å²) in [6, 6.07) is 39.0. The Balaban J connectivity index is 0.973. The van der Waals surface area contributed by atoms with Gasteiger partial charge in [-0.25, -0.2) is 9.11 Å². The number of nitrogens with one attached hydrogen (secondary N) is 3. The van der Waals surface area contributed by atoms with Crippen molar-refractivity contribution in [3.63, 3.8) is 0 Å². The fraction of sp³-hybridized carbons (Fsp3) is 0.271. The van der Waals surface area contributed by atoms with Crippen molar-refractivity contribution in [2.45, 2.75) is 29.2 Å². The minimum atomic E-state index is -1.50. The molecular weight excluding hydrogens is 804 g/mol. The van der Waals surface area contributed by atoms with Crippen molar-refractivity contribution in [2.24, 2.45) is 7.05 Å². The first kappa shape index (κ1) is 43.5. The fourth-order valence-electron chi connectivity index (χ4n) is 7.75. The van der Waals surface area contributed by atoms with Crippen LogP contribution in [0.3, 0.4) is 0 Å². The largest absolute Gasteiger partial charge is 0.588 e. The second-order valence-electron chi connectivity index (χ2n) is 15.6. The molecule has 6 aromatic rings. The molecule has 2 atom stereocenters. The van der Waals surface area contributed by atoms with Crippen molar-refractivity contribution in [3.8, 4) is 22.4 Å². The van der Waals surface area contributed by atoms with Crippen LogP contribution < -0.4 is 30.9 Å². The van der Waals surface area contributed by atoms with Gasteiger partial charge < -0.3 is 40.2 Å². The molecule has 1 aliphatic rings. The third kappa shape index (κ3) is 10.5. The Kier molecular flexibility index (Phi) is 14.2. The van der Waals surface area contributed by atoms with E-state index < -0.39 is 11.4 Å². The van der Waals surface area contributed by atoms with Crippen LogP contribution in [-0.4, -0.2) is 85.6 Å². The first-order valence-electron chi connectivity index (χ1n) is 20.5. The Morgan fingerprint density at radius 3 is 2.21 bits per heavy atom. The molecule has 5 aromatic carbocycles. The summed E-state index contributed by atoms with van der Waals surface area (Å²) in [5.74, 6) is 0.424. The van der Waals surface area contributed by atoms with Gasteiger partial charge in [0.1, 0.15) is 17.2 Å². The summed E-state index contributed by atoms with van der Waals surface area (Å²) in [6.45, 7) is 6.14. The van der Waals surface area contributed by atoms with Crippen LogP contribution in [0.4, 0.5) is 32.8 Å². The number of benzene rings is 5. The highest BCUT2D eigenvalue weighted by Crippen LogP contribution is 2.40. The molecule has 7 rings (SSSR count). The van der Waals surface area contributed by atoms with E-state index in [-0.39, 0.29) is 17.8 Å². The van der Waals surface area contributed by atoms with E-state index in [4.69, 9.17) is 5.73 Å². The lowest BCUT2D eigenvalue weighted by atomic mass is 9.96. The predicted octanol–water partition coefficient (Wildman–Crippen LogP) is 8.73. The molecule has 1 aliphatic heterocycles. The van der Waals surface area contributed by atoms with Gasteiger partial charge in [0.15, 0.2) is 4.90 Å². The highest BCUT2D eigenvalue weighted by atomic mass is 32.2. The Morgan fingerprint density at radius 1 is 0.869 bits per heavy atom. The Morgan fingerprint density at radius 2 is 1.56 bits per heavy atom. The Labute approximate surface area is 366 Å². The number of hydrogen-bond donors (Lipinski definition) is 4. The highest BCUT2D eigenvalue weighted by molar-refractivity contribution is 7.99. The third-order valence-electron chi connectivity index (χ3n) is 11.2. The van der Waals surface area contributed by atoms with Crippen LogP contribution in [0.1, 0.15) is 22.5 Å². The number of carbonyl (C=O) groups excluding carboxylic acids is 1. The molecule has 1 aromatic heterocycles. The first-order chi connectivity index (χ1) is 29.5. The number of hydrogen-bond acceptors (Lipinski definition) is 9. The van der Waals surface area contributed by atoms with Crippen molar-refractivity contribution in [1.29, 1.82) is 0 Å². The van der Waals surface area contributed by atoms with Crippen molar-refractivity contribution >= 4 is 57.5 Å². The maximum atomic E-state index is 13.9. The predicted molar refractivity (Wildman–Crippen MR) is 254 cm³/mol. The smallest absolute Gasteiger partial charge is 0.253 e. The summed E-state index contributed by atoms with van der Waals surface area (Å²) in [7, 11) is 7.75. The minimum absolute atomic E-state index is 0.163. The zero-order valence-electron chi connectivity index (χ0n) is 35.5. The van der Waals surface area contributed by atoms with Crippen molar-refractivity contribution < 1.29 is 13.7 Å². The van der Waals surface area contributed by atoms with E-state index in [1.54, 1.807) is 25.2 Å². The molecule has 10 nitrogen and oxygen atoms in total. The molecule has 1 unspecified atom stereocenters. The number of nitrogen functional groups attached to an aromatic ring is 1. The number of piperazine rings is 1. The molecule has 0 radical (unpaired) electrons. The molecule has 13 heteroatoms. The lowest BCUT2D eigenvalue weighted by molar-refractivity contribution is 0.0963. The van der Waals surface area contributed by atoms with Gasteiger partial charge in [0.2, 0.25) is 0 Å². The molecule has 0 bridgehead atoms. The van der Waals surface area contributed by atoms with Gasteiger partial charge in [-0.2, -0.15) is 0 Å². The summed E-state index contributed by atoms with van der Waals surface area (Å²) >= 11 is 0.319. The average Bonchev–Trinajstić information content (AvgIpc) is 3.54. The quantitative estimate of drug-likeness (QED) is 0.0431. The first-order valence-corrected chi connectivity index (χ1v) is 22.7. The lowest BCUT2D eigenvalue weighted by Crippen LogP contribution is -2.46. The molecule has 0 saturated carbocycles. The molecule has 2 heterocycles. The molecule has 1 amide bonds. The Hall–Kier alpha value is -5.60. The zero-order valence-corrected chi connectivity index (χ0v) is 37.1. The van der Waals surface area contributed by atoms with Crippen LogP contribution in [0.5, 0.6) is 0 Å². The van der Waals surface area contributed by atoms with Crippen LogP contribution in [0, 0.1) is 12.7 Å². The molecule has 318 valence electrons. The summed E-state index contributed by atoms with van der Waals surface area (Å²) in [5, 5.41) is 6.46. The number of nitrogens with zero attached hydrogens (tertiary/aromatic N) is 4. The van der Waals surface area contributed by atoms with Crippen LogP contribution in [0.15, 0.2) is 131 Å². The second kappa shape index (κ2) is 19.9. The standard InChI is InChI=1S/C48H55FN8O2S2/c1-33-45(48(58)51-2)46(47(55(33)5)34-14-16-36(49)17-15-34)35-10-9-11-40(30-35)57-28-26-56(27-29-57)39-20-18-37(19-21-39)53-61(59)42-22-23-44(43(50)31-42)52-38(24-25-54(3)4)32-60-41-12-7-6-8-13-41/h6-23,30-31,38,52-53H,24-29,32,50H2,1-5H3,(H,51,58)/t38-,61?/m1/s1. The van der Waals surface area contributed by atoms with E-state index in [9.17, 15) is 13.7 Å². The normalized spacial score (nSPS) is 13.9. The van der Waals surface area contributed by atoms with Gasteiger partial charge >= 0.3 is 0 Å². The zero-order chi connectivity index (χ0) is 43.0. The molecular formula is C48H55FN8O2S2. The van der Waals surface area contributed by atoms with E-state index in [2.05, 4.69) is 92.7 Å². The maximum absolute atomic E-state index is 13.9. The number of aromatic nitrogens is 1. The molecule has 61 heavy (non-hydrogen) atoms. The maximum Gasteiger partial charge on any atom is 0.253 e. The third-order valence-corrected chi connectivity index (χ3v) is 13.5. The number of carbonyl (C=O) groups is 1. The van der Waals surface area contributed by atoms with Crippen LogP contribution in [0.25, 0.3) is 22.4 Å². The molecule has 0 spiro atoms. The van der Waals surface area contributed by atoms with Gasteiger partial charge in [0, 0.05) is 85.7 Å². The summed E-state index contributed by atoms with van der Waals surface area (Å²) in [5.41, 5.74) is 15.8. The fourth-order valence-corrected chi connectivity index (χ4v) is 9.64. The van der Waals surface area contributed by atoms with Gasteiger partial charge in [-0.15, -0.1) is 11.8 Å². The summed E-state index contributed by atoms with van der Waals surface area (Å²) in [6.07, 6.45) is 0.958. The van der Waals surface area contributed by atoms with Gasteiger partial charge in [0.25, 0.3) is 5.91 Å². The summed E-state index contributed by atoms with van der Waals surface area (Å²) in [4.78, 5) is 22.0. The van der Waals surface area contributed by atoms with E-state index in [0.29, 0.717) is 16.1 Å². The van der Waals surface area contributed by atoms with E-state index in [1.807, 2.05) is 72.8 Å². The SMILES string of the molecule is CNC(=O)c1c(-c2cccc(N3CCN(c4ccc(N[S+]([O-])c5ccc(N[C@H](CCN(C)C)CSc6ccccc6)c(N)c5)cc4)CC3)c2)c(-c2ccc(F)cc2)n(C)c1C. The van der Waals surface area contributed by atoms with Crippen molar-refractivity contribution in [3.05, 3.63) is 138 Å². The van der Waals surface area contributed by atoms with E-state index >= 15 is 0 Å². The molecule has 5 N–H and O–H groups in total. The van der Waals surface area contributed by atoms with Crippen LogP contribution in [0.2, 0.25) is 0 Å². The Bertz CT molecular complexity index is 2400. The van der Waals surface area contributed by atoms with Gasteiger partial charge in [-0.1, -0.05) is 30.3 Å². The lowest BCUT2D eigenvalue weighted by Gasteiger charge is -2.37. The van der Waals surface area contributed by atoms with Crippen LogP contribution >= 0.6 is 11.8 Å². The number of amides is 1. The van der Waals surface area contributed by atoms with Gasteiger partial charge in [-0.05, 0) is 130 Å². The van der Waals surface area contributed by atoms with E-state index in [1.165, 1.54) is 17.0 Å². The molecule has 1 saturated heterocycles. The molecule has 0 aliphatic carbocycles. The van der Waals surface area contributed by atoms with E-state index in [0.717, 1.165) is 95.7 Å². The van der Waals surface area contributed by atoms with Gasteiger partial charge in [-0.3, -0.25) is 4.79 Å². The topological polar surface area (TPSA) is 117 Å². The number of anilines is 5. The highest BCUT2D eigenvalue weighted by Gasteiger charge is 2.27. The summed E-state index contributed by atoms with van der Waals surface area (Å²) < 4.78 is 32.6. The number of nitrogens with two attached hydrogens (primary N) is 1. The minimum Gasteiger partial charge on any atom is -0.588 e. The second-order valence-corrected chi connectivity index (χ2v) is 17.9. The van der Waals surface area contributed by atoms with Gasteiger partial charge in [0.05, 0.1) is 28.3 Å². The van der Waals surface area contributed by atoms with Crippen molar-refractivity contribution in [1.82, 2.24) is 14.8 Å². The monoisotopic (exact) mass is 858 g/mol. The van der Waals surface area contributed by atoms with Crippen LogP contribution in [-0.2, 0) is 18.4 Å². The number of thioether (sulfide) groups is 1. The molecule has 1 fully saturated rings. The van der Waals surface area contributed by atoms with Crippen molar-refractivity contribution in [2.75, 3.05) is 85.2 Å². The number of rotatable bonds is 16. The average molecular weight is 859 g/mol.